The molecule has 8 bridgehead atoms. The fourth-order valence-electron chi connectivity index (χ4n) is 5.65. The summed E-state index contributed by atoms with van der Waals surface area (Å²) in [6.07, 6.45) is 0. The molecule has 0 saturated carbocycles. The van der Waals surface area contributed by atoms with E-state index in [1.54, 1.807) is 0 Å². The Morgan fingerprint density at radius 1 is 0.405 bits per heavy atom. The number of aromatic amines is 2. The largest absolute Gasteiger partial charge is 0.324 e. The molecule has 2 aliphatic heterocycles. The SMILES string of the molecule is Clc1cccc2c3nc4nc(nc5[nH]c(nc6nc(nc([nH]3)c12)-c1ccccc1-6)c1ccccc51)-c1ccccc1-4.[Pd]. The molecule has 5 heterocycles. The Bertz CT molecular complexity index is 2410. The Hall–Kier alpha value is -4.81. The quantitative estimate of drug-likeness (QED) is 0.164. The minimum absolute atomic E-state index is 0. The molecule has 202 valence electrons. The predicted octanol–water partition coefficient (Wildman–Crippen LogP) is 7.52. The predicted molar refractivity (Wildman–Crippen MR) is 161 cm³/mol. The smallest absolute Gasteiger partial charge is 0.164 e. The van der Waals surface area contributed by atoms with Gasteiger partial charge in [0.05, 0.1) is 5.02 Å². The summed E-state index contributed by atoms with van der Waals surface area (Å²) >= 11 is 6.73. The summed E-state index contributed by atoms with van der Waals surface area (Å²) in [5.41, 5.74) is 6.09. The molecule has 2 N–H and O–H groups in total. The van der Waals surface area contributed by atoms with Crippen LogP contribution in [0, 0.1) is 0 Å². The molecule has 7 aromatic rings. The van der Waals surface area contributed by atoms with Crippen molar-refractivity contribution in [2.45, 2.75) is 0 Å². The van der Waals surface area contributed by atoms with Crippen molar-refractivity contribution in [2.24, 2.45) is 0 Å². The number of hydrogen-bond donors (Lipinski definition) is 2. The molecular formula is C32H17ClN8Pd. The molecule has 0 fully saturated rings. The van der Waals surface area contributed by atoms with Crippen molar-refractivity contribution >= 4 is 55.7 Å². The molecule has 0 spiro atoms. The first-order valence-electron chi connectivity index (χ1n) is 13.1. The van der Waals surface area contributed by atoms with Crippen molar-refractivity contribution in [3.8, 4) is 45.6 Å². The third kappa shape index (κ3) is 3.65. The van der Waals surface area contributed by atoms with Crippen LogP contribution in [0.3, 0.4) is 0 Å². The van der Waals surface area contributed by atoms with Gasteiger partial charge in [-0.1, -0.05) is 96.5 Å². The number of hydrogen-bond acceptors (Lipinski definition) is 6. The summed E-state index contributed by atoms with van der Waals surface area (Å²) in [7, 11) is 0. The standard InChI is InChI=1S/C32H17ClN8.Pd/c33-23-15-7-14-22-24(23)32-40-30-21-13-6-5-12-20(21)28(38-30)36-26-17-9-2-1-8-16(17)25(34-26)35-27-18-10-3-4-11-19(18)29(37-27)39-31(22)41-32;/h1-15H,(H2,34,35,36,37,38,39,40,41);. The van der Waals surface area contributed by atoms with Crippen LogP contribution in [0.2, 0.25) is 5.02 Å². The van der Waals surface area contributed by atoms with Crippen LogP contribution in [-0.2, 0) is 20.4 Å². The van der Waals surface area contributed by atoms with E-state index in [-0.39, 0.29) is 20.4 Å². The number of halogens is 1. The first-order valence-corrected chi connectivity index (χ1v) is 13.5. The second kappa shape index (κ2) is 9.36. The molecule has 3 aromatic heterocycles. The van der Waals surface area contributed by atoms with Gasteiger partial charge in [0.2, 0.25) is 0 Å². The van der Waals surface area contributed by atoms with Crippen molar-refractivity contribution in [1.29, 1.82) is 0 Å². The zero-order chi connectivity index (χ0) is 27.1. The van der Waals surface area contributed by atoms with E-state index in [2.05, 4.69) is 9.97 Å². The number of H-pyrrole nitrogens is 2. The zero-order valence-corrected chi connectivity index (χ0v) is 23.8. The Morgan fingerprint density at radius 2 is 0.786 bits per heavy atom. The van der Waals surface area contributed by atoms with E-state index in [4.69, 9.17) is 41.5 Å². The van der Waals surface area contributed by atoms with E-state index < -0.39 is 0 Å². The normalized spacial score (nSPS) is 11.7. The van der Waals surface area contributed by atoms with Crippen molar-refractivity contribution < 1.29 is 20.4 Å². The molecule has 0 aliphatic carbocycles. The van der Waals surface area contributed by atoms with Crippen LogP contribution in [0.15, 0.2) is 91.0 Å². The van der Waals surface area contributed by atoms with E-state index in [9.17, 15) is 0 Å². The van der Waals surface area contributed by atoms with Crippen molar-refractivity contribution in [3.05, 3.63) is 96.0 Å². The Labute approximate surface area is 256 Å². The fraction of sp³-hybridized carbons (Fsp3) is 0. The fourth-order valence-corrected chi connectivity index (χ4v) is 5.91. The minimum Gasteiger partial charge on any atom is -0.324 e. The minimum atomic E-state index is 0. The van der Waals surface area contributed by atoms with Gasteiger partial charge in [-0.25, -0.2) is 29.9 Å². The van der Waals surface area contributed by atoms with Crippen LogP contribution in [0.1, 0.15) is 0 Å². The average molecular weight is 655 g/mol. The summed E-state index contributed by atoms with van der Waals surface area (Å²) in [5.74, 6) is 2.24. The van der Waals surface area contributed by atoms with Crippen molar-refractivity contribution in [2.75, 3.05) is 0 Å². The second-order valence-electron chi connectivity index (χ2n) is 9.91. The monoisotopic (exact) mass is 654 g/mol. The summed E-state index contributed by atoms with van der Waals surface area (Å²) < 4.78 is 0. The number of nitrogens with zero attached hydrogens (tertiary/aromatic N) is 6. The molecular weight excluding hydrogens is 638 g/mol. The van der Waals surface area contributed by atoms with Crippen molar-refractivity contribution in [3.63, 3.8) is 0 Å². The number of benzene rings is 4. The number of fused-ring (bicyclic) bond motifs is 20. The molecule has 0 saturated heterocycles. The molecule has 42 heavy (non-hydrogen) atoms. The molecule has 0 unspecified atom stereocenters. The molecule has 4 aromatic carbocycles. The summed E-state index contributed by atoms with van der Waals surface area (Å²) in [6.45, 7) is 0. The van der Waals surface area contributed by atoms with Gasteiger partial charge >= 0.3 is 0 Å². The molecule has 9 rings (SSSR count). The van der Waals surface area contributed by atoms with Crippen LogP contribution < -0.4 is 0 Å². The maximum Gasteiger partial charge on any atom is 0.164 e. The van der Waals surface area contributed by atoms with Gasteiger partial charge in [-0.3, -0.25) is 0 Å². The number of rotatable bonds is 0. The van der Waals surface area contributed by atoms with E-state index >= 15 is 0 Å². The number of aromatic nitrogens is 8. The van der Waals surface area contributed by atoms with Gasteiger partial charge in [0.15, 0.2) is 23.3 Å². The van der Waals surface area contributed by atoms with Gasteiger partial charge in [-0.15, -0.1) is 0 Å². The van der Waals surface area contributed by atoms with E-state index in [0.717, 1.165) is 43.8 Å². The molecule has 0 amide bonds. The molecule has 10 heteroatoms. The Balaban J connectivity index is 0.00000267. The van der Waals surface area contributed by atoms with Crippen molar-refractivity contribution in [1.82, 2.24) is 39.9 Å². The van der Waals surface area contributed by atoms with Crippen LogP contribution in [0.4, 0.5) is 0 Å². The van der Waals surface area contributed by atoms with Crippen LogP contribution in [-0.4, -0.2) is 39.9 Å². The zero-order valence-electron chi connectivity index (χ0n) is 21.5. The van der Waals surface area contributed by atoms with Gasteiger partial charge in [-0.05, 0) is 6.07 Å². The third-order valence-electron chi connectivity index (χ3n) is 7.53. The summed E-state index contributed by atoms with van der Waals surface area (Å²) in [6, 6.07) is 29.7. The average Bonchev–Trinajstić information content (AvgIpc) is 3.73. The molecule has 0 radical (unpaired) electrons. The summed E-state index contributed by atoms with van der Waals surface area (Å²) in [5, 5.41) is 4.05. The van der Waals surface area contributed by atoms with E-state index in [1.165, 1.54) is 0 Å². The van der Waals surface area contributed by atoms with Gasteiger partial charge in [-0.2, -0.15) is 0 Å². The first kappa shape index (κ1) is 24.9. The molecule has 8 nitrogen and oxygen atoms in total. The topological polar surface area (TPSA) is 109 Å². The van der Waals surface area contributed by atoms with Crippen LogP contribution >= 0.6 is 11.6 Å². The van der Waals surface area contributed by atoms with Gasteiger partial charge in [0, 0.05) is 64.2 Å². The number of nitrogens with one attached hydrogen (secondary N) is 2. The maximum absolute atomic E-state index is 6.73. The maximum atomic E-state index is 6.73. The van der Waals surface area contributed by atoms with Crippen LogP contribution in [0.5, 0.6) is 0 Å². The van der Waals surface area contributed by atoms with E-state index in [0.29, 0.717) is 50.9 Å². The van der Waals surface area contributed by atoms with Gasteiger partial charge in [0.25, 0.3) is 0 Å². The summed E-state index contributed by atoms with van der Waals surface area (Å²) in [4.78, 5) is 36.6. The molecule has 2 aliphatic rings. The van der Waals surface area contributed by atoms with Gasteiger partial charge < -0.3 is 9.97 Å². The Morgan fingerprint density at radius 3 is 1.29 bits per heavy atom. The first-order chi connectivity index (χ1) is 20.2. The third-order valence-corrected chi connectivity index (χ3v) is 7.84. The van der Waals surface area contributed by atoms with Crippen LogP contribution in [0.25, 0.3) is 89.7 Å². The second-order valence-corrected chi connectivity index (χ2v) is 10.3. The van der Waals surface area contributed by atoms with Gasteiger partial charge in [0.1, 0.15) is 22.6 Å². The molecule has 0 atom stereocenters. The Kier molecular flexibility index (Phi) is 5.56. The van der Waals surface area contributed by atoms with E-state index in [1.807, 2.05) is 91.0 Å².